The second kappa shape index (κ2) is 6.90. The van der Waals surface area contributed by atoms with Crippen LogP contribution in [0.2, 0.25) is 0 Å². The molecule has 5 nitrogen and oxygen atoms in total. The minimum absolute atomic E-state index is 0.0465. The molecule has 6 heteroatoms. The molecule has 0 aliphatic rings. The number of aromatic nitrogens is 3. The van der Waals surface area contributed by atoms with Gasteiger partial charge in [0.05, 0.1) is 27.7 Å². The zero-order valence-electron chi connectivity index (χ0n) is 15.7. The molecule has 0 bridgehead atoms. The zero-order chi connectivity index (χ0) is 20.0. The molecule has 2 heterocycles. The first kappa shape index (κ1) is 17.7. The number of hydrogen-bond donors (Lipinski definition) is 0. The Morgan fingerprint density at radius 3 is 2.07 bits per heavy atom. The summed E-state index contributed by atoms with van der Waals surface area (Å²) in [5.74, 6) is 0.135. The van der Waals surface area contributed by atoms with Gasteiger partial charge in [-0.25, -0.2) is 4.98 Å². The maximum absolute atomic E-state index is 13.2. The summed E-state index contributed by atoms with van der Waals surface area (Å²) in [7, 11) is 1.69. The largest absolute Gasteiger partial charge is 0.290 e. The third kappa shape index (κ3) is 2.84. The highest BCUT2D eigenvalue weighted by molar-refractivity contribution is 7.99. The molecule has 0 unspecified atom stereocenters. The Kier molecular flexibility index (Phi) is 4.21. The molecule has 29 heavy (non-hydrogen) atoms. The van der Waals surface area contributed by atoms with Crippen LogP contribution in [0.4, 0.5) is 0 Å². The van der Waals surface area contributed by atoms with Gasteiger partial charge in [0.1, 0.15) is 0 Å². The molecule has 0 amide bonds. The average molecular weight is 399 g/mol. The normalized spacial score (nSPS) is 11.5. The number of benzene rings is 3. The molecule has 5 rings (SSSR count). The molecular formula is C23H17N3O2S. The summed E-state index contributed by atoms with van der Waals surface area (Å²) in [5, 5.41) is 3.21. The van der Waals surface area contributed by atoms with Gasteiger partial charge in [-0.15, -0.1) is 0 Å². The van der Waals surface area contributed by atoms with E-state index in [1.54, 1.807) is 17.7 Å². The molecule has 0 atom stereocenters. The maximum Gasteiger partial charge on any atom is 0.261 e. The highest BCUT2D eigenvalue weighted by Crippen LogP contribution is 2.29. The Balaban J connectivity index is 1.54. The van der Waals surface area contributed by atoms with Gasteiger partial charge in [0, 0.05) is 17.8 Å². The quantitative estimate of drug-likeness (QED) is 0.332. The van der Waals surface area contributed by atoms with Crippen LogP contribution in [0.1, 0.15) is 4.79 Å². The van der Waals surface area contributed by atoms with Gasteiger partial charge in [-0.1, -0.05) is 60.3 Å². The third-order valence-corrected chi connectivity index (χ3v) is 6.11. The summed E-state index contributed by atoms with van der Waals surface area (Å²) < 4.78 is 3.27. The summed E-state index contributed by atoms with van der Waals surface area (Å²) in [6.07, 6.45) is 0. The smallest absolute Gasteiger partial charge is 0.261 e. The van der Waals surface area contributed by atoms with Crippen molar-refractivity contribution in [2.24, 2.45) is 7.05 Å². The van der Waals surface area contributed by atoms with E-state index in [-0.39, 0.29) is 17.2 Å². The van der Waals surface area contributed by atoms with Gasteiger partial charge >= 0.3 is 0 Å². The van der Waals surface area contributed by atoms with Crippen molar-refractivity contribution in [2.75, 3.05) is 5.75 Å². The molecule has 142 valence electrons. The van der Waals surface area contributed by atoms with Gasteiger partial charge in [0.25, 0.3) is 5.56 Å². The van der Waals surface area contributed by atoms with Gasteiger partial charge in [-0.3, -0.25) is 18.7 Å². The lowest BCUT2D eigenvalue weighted by atomic mass is 10.2. The molecule has 0 radical (unpaired) electrons. The van der Waals surface area contributed by atoms with Crippen LogP contribution in [0.25, 0.3) is 32.7 Å². The molecule has 0 saturated heterocycles. The molecule has 2 aromatic heterocycles. The van der Waals surface area contributed by atoms with Crippen LogP contribution in [-0.2, 0) is 7.05 Å². The summed E-state index contributed by atoms with van der Waals surface area (Å²) in [4.78, 5) is 30.4. The Bertz CT molecular complexity index is 1410. The Hall–Kier alpha value is -3.38. The number of rotatable bonds is 3. The lowest BCUT2D eigenvalue weighted by molar-refractivity contribution is 0.0951. The van der Waals surface area contributed by atoms with E-state index in [0.29, 0.717) is 16.1 Å². The highest BCUT2D eigenvalue weighted by atomic mass is 32.2. The van der Waals surface area contributed by atoms with Gasteiger partial charge in [0.15, 0.2) is 5.16 Å². The van der Waals surface area contributed by atoms with Crippen molar-refractivity contribution < 1.29 is 4.79 Å². The van der Waals surface area contributed by atoms with Crippen LogP contribution in [0.15, 0.2) is 82.7 Å². The number of nitrogens with zero attached hydrogens (tertiary/aromatic N) is 3. The SMILES string of the molecule is Cn1c(SCC(=O)n2c3ccccc3c3ccccc32)nc2ccccc2c1=O. The fourth-order valence-corrected chi connectivity index (χ4v) is 4.53. The molecular weight excluding hydrogens is 382 g/mol. The highest BCUT2D eigenvalue weighted by Gasteiger charge is 2.17. The molecule has 0 fully saturated rings. The molecule has 3 aromatic carbocycles. The number of carbonyl (C=O) groups is 1. The second-order valence-corrected chi connectivity index (χ2v) is 7.77. The van der Waals surface area contributed by atoms with E-state index < -0.39 is 0 Å². The number of carbonyl (C=O) groups excluding carboxylic acids is 1. The molecule has 0 aliphatic heterocycles. The first-order chi connectivity index (χ1) is 14.1. The molecule has 0 spiro atoms. The first-order valence-corrected chi connectivity index (χ1v) is 10.2. The summed E-state index contributed by atoms with van der Waals surface area (Å²) in [6, 6.07) is 23.1. The average Bonchev–Trinajstić information content (AvgIpc) is 3.10. The number of hydrogen-bond acceptors (Lipinski definition) is 4. The van der Waals surface area contributed by atoms with Crippen molar-refractivity contribution >= 4 is 50.4 Å². The van der Waals surface area contributed by atoms with Crippen molar-refractivity contribution in [1.82, 2.24) is 14.1 Å². The minimum Gasteiger partial charge on any atom is -0.290 e. The lowest BCUT2D eigenvalue weighted by Gasteiger charge is -2.09. The lowest BCUT2D eigenvalue weighted by Crippen LogP contribution is -2.21. The van der Waals surface area contributed by atoms with Crippen molar-refractivity contribution in [1.29, 1.82) is 0 Å². The topological polar surface area (TPSA) is 56.9 Å². The van der Waals surface area contributed by atoms with Crippen LogP contribution in [-0.4, -0.2) is 25.8 Å². The Morgan fingerprint density at radius 2 is 1.41 bits per heavy atom. The summed E-state index contributed by atoms with van der Waals surface area (Å²) in [5.41, 5.74) is 2.31. The van der Waals surface area contributed by atoms with Crippen molar-refractivity contribution in [3.8, 4) is 0 Å². The predicted molar refractivity (Wildman–Crippen MR) is 118 cm³/mol. The van der Waals surface area contributed by atoms with Gasteiger partial charge in [0.2, 0.25) is 5.91 Å². The van der Waals surface area contributed by atoms with Crippen LogP contribution in [0, 0.1) is 0 Å². The van der Waals surface area contributed by atoms with E-state index in [1.165, 1.54) is 16.3 Å². The summed E-state index contributed by atoms with van der Waals surface area (Å²) in [6.45, 7) is 0. The summed E-state index contributed by atoms with van der Waals surface area (Å²) >= 11 is 1.28. The van der Waals surface area contributed by atoms with Gasteiger partial charge in [-0.2, -0.15) is 0 Å². The fraction of sp³-hybridized carbons (Fsp3) is 0.0870. The molecule has 0 N–H and O–H groups in total. The van der Waals surface area contributed by atoms with Crippen LogP contribution >= 0.6 is 11.8 Å². The van der Waals surface area contributed by atoms with E-state index in [2.05, 4.69) is 4.98 Å². The van der Waals surface area contributed by atoms with E-state index in [9.17, 15) is 9.59 Å². The third-order valence-electron chi connectivity index (χ3n) is 5.10. The first-order valence-electron chi connectivity index (χ1n) is 9.25. The van der Waals surface area contributed by atoms with Crippen LogP contribution in [0.5, 0.6) is 0 Å². The minimum atomic E-state index is -0.109. The zero-order valence-corrected chi connectivity index (χ0v) is 16.5. The van der Waals surface area contributed by atoms with Crippen molar-refractivity contribution in [3.05, 3.63) is 83.2 Å². The second-order valence-electron chi connectivity index (χ2n) is 6.83. The van der Waals surface area contributed by atoms with Crippen molar-refractivity contribution in [2.45, 2.75) is 5.16 Å². The maximum atomic E-state index is 13.2. The Morgan fingerprint density at radius 1 is 0.862 bits per heavy atom. The molecule has 0 saturated carbocycles. The number of para-hydroxylation sites is 3. The van der Waals surface area contributed by atoms with Gasteiger partial charge < -0.3 is 0 Å². The Labute approximate surface area is 170 Å². The fourth-order valence-electron chi connectivity index (χ4n) is 3.71. The van der Waals surface area contributed by atoms with E-state index >= 15 is 0 Å². The van der Waals surface area contributed by atoms with Crippen molar-refractivity contribution in [3.63, 3.8) is 0 Å². The van der Waals surface area contributed by atoms with Crippen LogP contribution < -0.4 is 5.56 Å². The van der Waals surface area contributed by atoms with E-state index in [4.69, 9.17) is 0 Å². The van der Waals surface area contributed by atoms with E-state index in [1.807, 2.05) is 66.7 Å². The number of fused-ring (bicyclic) bond motifs is 4. The monoisotopic (exact) mass is 399 g/mol. The predicted octanol–water partition coefficient (Wildman–Crippen LogP) is 4.47. The van der Waals surface area contributed by atoms with Gasteiger partial charge in [-0.05, 0) is 24.3 Å². The van der Waals surface area contributed by atoms with E-state index in [0.717, 1.165) is 21.8 Å². The van der Waals surface area contributed by atoms with Crippen LogP contribution in [0.3, 0.4) is 0 Å². The molecule has 5 aromatic rings. The number of thioether (sulfide) groups is 1. The standard InChI is InChI=1S/C23H17N3O2S/c1-25-22(28)17-10-2-5-11-18(17)24-23(25)29-14-21(27)26-19-12-6-3-8-15(19)16-9-4-7-13-20(16)26/h2-13H,14H2,1H3. The molecule has 0 aliphatic carbocycles.